The zero-order valence-electron chi connectivity index (χ0n) is 7.06. The number of alkyl halides is 3. The summed E-state index contributed by atoms with van der Waals surface area (Å²) in [6.07, 6.45) is 0.681. The van der Waals surface area contributed by atoms with Crippen LogP contribution in [0.2, 0.25) is 0 Å². The summed E-state index contributed by atoms with van der Waals surface area (Å²) < 4.78 is 36.7. The van der Waals surface area contributed by atoms with Crippen LogP contribution in [0.5, 0.6) is 0 Å². The summed E-state index contributed by atoms with van der Waals surface area (Å²) in [5.74, 6) is 2.70. The molecule has 0 aliphatic rings. The van der Waals surface area contributed by atoms with E-state index in [1.807, 2.05) is 0 Å². The van der Waals surface area contributed by atoms with Crippen molar-refractivity contribution in [3.8, 4) is 12.3 Å². The van der Waals surface area contributed by atoms with Gasteiger partial charge in [0.15, 0.2) is 0 Å². The van der Waals surface area contributed by atoms with Gasteiger partial charge in [0.05, 0.1) is 11.3 Å². The highest BCUT2D eigenvalue weighted by molar-refractivity contribution is 7.99. The van der Waals surface area contributed by atoms with Crippen molar-refractivity contribution >= 4 is 11.8 Å². The minimum atomic E-state index is -4.32. The van der Waals surface area contributed by atoms with E-state index in [1.54, 1.807) is 0 Å². The fourth-order valence-corrected chi connectivity index (χ4v) is 1.43. The van der Waals surface area contributed by atoms with E-state index < -0.39 is 11.7 Å². The van der Waals surface area contributed by atoms with Gasteiger partial charge in [0.1, 0.15) is 0 Å². The molecular weight excluding hydrogens is 209 g/mol. The molecule has 1 radical (unpaired) electrons. The predicted octanol–water partition coefficient (Wildman–Crippen LogP) is 3.23. The van der Waals surface area contributed by atoms with Crippen LogP contribution in [0, 0.1) is 18.4 Å². The zero-order valence-corrected chi connectivity index (χ0v) is 7.88. The highest BCUT2D eigenvalue weighted by Crippen LogP contribution is 2.31. The quantitative estimate of drug-likeness (QED) is 0.539. The maximum atomic E-state index is 12.2. The summed E-state index contributed by atoms with van der Waals surface area (Å²) in [7, 11) is 0. The molecule has 14 heavy (non-hydrogen) atoms. The van der Waals surface area contributed by atoms with Crippen LogP contribution in [-0.4, -0.2) is 5.75 Å². The number of hydrogen-bond donors (Lipinski definition) is 0. The van der Waals surface area contributed by atoms with Crippen molar-refractivity contribution < 1.29 is 13.2 Å². The Hall–Kier alpha value is -1.08. The van der Waals surface area contributed by atoms with E-state index >= 15 is 0 Å². The lowest BCUT2D eigenvalue weighted by atomic mass is 10.2. The van der Waals surface area contributed by atoms with Gasteiger partial charge in [-0.1, -0.05) is 5.92 Å². The van der Waals surface area contributed by atoms with Gasteiger partial charge in [-0.25, -0.2) is 0 Å². The van der Waals surface area contributed by atoms with Crippen molar-refractivity contribution in [2.24, 2.45) is 0 Å². The first-order valence-corrected chi connectivity index (χ1v) is 4.67. The molecule has 4 heteroatoms. The molecule has 0 bridgehead atoms. The standard InChI is InChI=1S/C10H6F3S/c1-2-6-14-9-5-3-4-8(7-9)10(11,12)13/h1,4-5,7H,6H2. The minimum Gasteiger partial charge on any atom is -0.166 e. The lowest BCUT2D eigenvalue weighted by molar-refractivity contribution is -0.137. The maximum absolute atomic E-state index is 12.2. The van der Waals surface area contributed by atoms with Crippen LogP contribution in [0.3, 0.4) is 0 Å². The molecule has 0 aromatic heterocycles. The molecule has 0 amide bonds. The Bertz CT molecular complexity index is 349. The number of benzene rings is 1. The Morgan fingerprint density at radius 1 is 1.43 bits per heavy atom. The number of terminal acetylenes is 1. The number of halogens is 3. The molecule has 1 aromatic carbocycles. The molecule has 1 aromatic rings. The van der Waals surface area contributed by atoms with Crippen LogP contribution in [-0.2, 0) is 6.18 Å². The van der Waals surface area contributed by atoms with E-state index in [9.17, 15) is 13.2 Å². The van der Waals surface area contributed by atoms with Gasteiger partial charge >= 0.3 is 6.18 Å². The largest absolute Gasteiger partial charge is 0.416 e. The maximum Gasteiger partial charge on any atom is 0.416 e. The van der Waals surface area contributed by atoms with Gasteiger partial charge in [-0.2, -0.15) is 13.2 Å². The van der Waals surface area contributed by atoms with Gasteiger partial charge in [0, 0.05) is 4.90 Å². The fraction of sp³-hybridized carbons (Fsp3) is 0.200. The van der Waals surface area contributed by atoms with Crippen molar-refractivity contribution in [1.29, 1.82) is 0 Å². The molecule has 0 N–H and O–H groups in total. The smallest absolute Gasteiger partial charge is 0.166 e. The number of rotatable bonds is 2. The summed E-state index contributed by atoms with van der Waals surface area (Å²) >= 11 is 1.18. The van der Waals surface area contributed by atoms with E-state index in [0.717, 1.165) is 12.1 Å². The molecule has 0 fully saturated rings. The van der Waals surface area contributed by atoms with Crippen molar-refractivity contribution in [3.63, 3.8) is 0 Å². The van der Waals surface area contributed by atoms with Gasteiger partial charge in [0.2, 0.25) is 0 Å². The van der Waals surface area contributed by atoms with Gasteiger partial charge in [-0.15, -0.1) is 18.2 Å². The SMILES string of the molecule is C#CCSc1c[c]cc(C(F)(F)F)c1. The van der Waals surface area contributed by atoms with E-state index in [-0.39, 0.29) is 0 Å². The molecule has 0 spiro atoms. The summed E-state index contributed by atoms with van der Waals surface area (Å²) in [5.41, 5.74) is -0.695. The second-order valence-corrected chi connectivity index (χ2v) is 3.50. The molecule has 1 rings (SSSR count). The van der Waals surface area contributed by atoms with Gasteiger partial charge in [-0.3, -0.25) is 0 Å². The van der Waals surface area contributed by atoms with E-state index in [1.165, 1.54) is 17.8 Å². The Morgan fingerprint density at radius 3 is 2.71 bits per heavy atom. The third-order valence-corrected chi connectivity index (χ3v) is 2.29. The van der Waals surface area contributed by atoms with Gasteiger partial charge in [-0.05, 0) is 24.3 Å². The molecule has 0 heterocycles. The average molecular weight is 215 g/mol. The van der Waals surface area contributed by atoms with E-state index in [2.05, 4.69) is 12.0 Å². The highest BCUT2D eigenvalue weighted by atomic mass is 32.2. The van der Waals surface area contributed by atoms with Crippen LogP contribution >= 0.6 is 11.8 Å². The molecule has 0 aliphatic carbocycles. The lowest BCUT2D eigenvalue weighted by Gasteiger charge is -2.07. The number of thioether (sulfide) groups is 1. The molecule has 0 saturated heterocycles. The minimum absolute atomic E-state index is 0.356. The zero-order chi connectivity index (χ0) is 10.6. The Kier molecular flexibility index (Phi) is 3.48. The van der Waals surface area contributed by atoms with Crippen molar-refractivity contribution in [1.82, 2.24) is 0 Å². The predicted molar refractivity (Wildman–Crippen MR) is 49.8 cm³/mol. The average Bonchev–Trinajstić information content (AvgIpc) is 2.14. The first kappa shape index (κ1) is 11.0. The first-order valence-electron chi connectivity index (χ1n) is 3.68. The topological polar surface area (TPSA) is 0 Å². The van der Waals surface area contributed by atoms with Crippen LogP contribution in [0.15, 0.2) is 23.1 Å². The Labute approximate surface area is 84.5 Å². The van der Waals surface area contributed by atoms with Crippen molar-refractivity contribution in [2.45, 2.75) is 11.1 Å². The van der Waals surface area contributed by atoms with Gasteiger partial charge in [0.25, 0.3) is 0 Å². The van der Waals surface area contributed by atoms with Crippen molar-refractivity contribution in [3.05, 3.63) is 29.8 Å². The molecule has 0 aliphatic heterocycles. The van der Waals surface area contributed by atoms with Crippen LogP contribution in [0.1, 0.15) is 5.56 Å². The number of hydrogen-bond acceptors (Lipinski definition) is 1. The highest BCUT2D eigenvalue weighted by Gasteiger charge is 2.30. The van der Waals surface area contributed by atoms with E-state index in [0.29, 0.717) is 10.6 Å². The second kappa shape index (κ2) is 4.43. The fourth-order valence-electron chi connectivity index (χ4n) is 0.822. The molecule has 0 atom stereocenters. The molecule has 73 valence electrons. The summed E-state index contributed by atoms with van der Waals surface area (Å²) in [6, 6.07) is 5.90. The van der Waals surface area contributed by atoms with Crippen molar-refractivity contribution in [2.75, 3.05) is 5.75 Å². The third kappa shape index (κ3) is 3.00. The normalized spacial score (nSPS) is 11.0. The molecule has 0 saturated carbocycles. The summed E-state index contributed by atoms with van der Waals surface area (Å²) in [4.78, 5) is 0.484. The Balaban J connectivity index is 2.86. The first-order chi connectivity index (χ1) is 6.54. The molecular formula is C10H6F3S. The third-order valence-electron chi connectivity index (χ3n) is 1.41. The monoisotopic (exact) mass is 215 g/mol. The molecule has 0 unspecified atom stereocenters. The van der Waals surface area contributed by atoms with Crippen LogP contribution in [0.25, 0.3) is 0 Å². The van der Waals surface area contributed by atoms with Crippen LogP contribution < -0.4 is 0 Å². The van der Waals surface area contributed by atoms with Gasteiger partial charge < -0.3 is 0 Å². The van der Waals surface area contributed by atoms with Crippen LogP contribution in [0.4, 0.5) is 13.2 Å². The second-order valence-electron chi connectivity index (χ2n) is 2.45. The summed E-state index contributed by atoms with van der Waals surface area (Å²) in [5, 5.41) is 0. The molecule has 0 nitrogen and oxygen atoms in total. The van der Waals surface area contributed by atoms with E-state index in [4.69, 9.17) is 6.42 Å². The summed E-state index contributed by atoms with van der Waals surface area (Å²) in [6.45, 7) is 0. The lowest BCUT2D eigenvalue weighted by Crippen LogP contribution is -2.04. The Morgan fingerprint density at radius 2 is 2.14 bits per heavy atom.